The zero-order valence-corrected chi connectivity index (χ0v) is 22.0. The minimum absolute atomic E-state index is 0.0193. The number of rotatable bonds is 8. The van der Waals surface area contributed by atoms with Crippen LogP contribution in [0.5, 0.6) is 0 Å². The van der Waals surface area contributed by atoms with Gasteiger partial charge in [0.15, 0.2) is 5.82 Å². The number of anilines is 4. The predicted molar refractivity (Wildman–Crippen MR) is 143 cm³/mol. The topological polar surface area (TPSA) is 117 Å². The first-order chi connectivity index (χ1) is 17.7. The first-order valence-electron chi connectivity index (χ1n) is 12.6. The summed E-state index contributed by atoms with van der Waals surface area (Å²) < 4.78 is 5.26. The summed E-state index contributed by atoms with van der Waals surface area (Å²) in [6.07, 6.45) is 7.62. The van der Waals surface area contributed by atoms with Gasteiger partial charge in [0.2, 0.25) is 11.9 Å². The zero-order valence-electron chi connectivity index (χ0n) is 21.2. The molecule has 0 unspecified atom stereocenters. The first kappa shape index (κ1) is 25.5. The molecule has 5 rings (SSSR count). The van der Waals surface area contributed by atoms with Gasteiger partial charge in [0, 0.05) is 37.5 Å². The second-order valence-corrected chi connectivity index (χ2v) is 11.1. The molecule has 2 aliphatic carbocycles. The summed E-state index contributed by atoms with van der Waals surface area (Å²) >= 11 is 6.40. The quantitative estimate of drug-likeness (QED) is 0.428. The molecule has 2 bridgehead atoms. The van der Waals surface area contributed by atoms with E-state index in [1.165, 1.54) is 6.20 Å². The van der Waals surface area contributed by atoms with Crippen molar-refractivity contribution in [3.8, 4) is 0 Å². The molecule has 1 amide bonds. The predicted octanol–water partition coefficient (Wildman–Crippen LogP) is 4.61. The van der Waals surface area contributed by atoms with Crippen molar-refractivity contribution in [2.24, 2.45) is 17.8 Å². The Bertz CT molecular complexity index is 1250. The van der Waals surface area contributed by atoms with Gasteiger partial charge in [0.1, 0.15) is 5.02 Å². The number of nitrogens with one attached hydrogen (secondary N) is 2. The van der Waals surface area contributed by atoms with Crippen LogP contribution in [0.2, 0.25) is 5.02 Å². The molecule has 0 spiro atoms. The fourth-order valence-electron chi connectivity index (χ4n) is 5.83. The SMILES string of the molecule is COCCN1C(=O)CCC(C)(C)c2ccc(Nc3ncc(Cl)c(N[C@H]4[C@@H](C(=O)O)[C@@H]5C=C[C@H]4C5)n3)cc21. The number of carbonyl (C=O) groups excluding carboxylic acids is 1. The maximum atomic E-state index is 13.0. The lowest BCUT2D eigenvalue weighted by Gasteiger charge is -2.28. The normalized spacial score (nSPS) is 25.6. The van der Waals surface area contributed by atoms with Crippen LogP contribution in [-0.2, 0) is 19.7 Å². The number of ether oxygens (including phenoxy) is 1. The molecule has 1 aliphatic heterocycles. The summed E-state index contributed by atoms with van der Waals surface area (Å²) in [6, 6.07) is 5.66. The number of benzene rings is 1. The van der Waals surface area contributed by atoms with E-state index in [1.54, 1.807) is 12.0 Å². The number of methoxy groups -OCH3 is 1. The lowest BCUT2D eigenvalue weighted by molar-refractivity contribution is -0.142. The molecule has 9 nitrogen and oxygen atoms in total. The number of hydrogen-bond donors (Lipinski definition) is 3. The van der Waals surface area contributed by atoms with Crippen LogP contribution in [-0.4, -0.2) is 53.3 Å². The molecular weight excluding hydrogens is 494 g/mol. The Balaban J connectivity index is 1.42. The van der Waals surface area contributed by atoms with Crippen molar-refractivity contribution in [2.45, 2.75) is 44.6 Å². The molecule has 2 aromatic rings. The van der Waals surface area contributed by atoms with E-state index in [2.05, 4.69) is 40.5 Å². The van der Waals surface area contributed by atoms with Gasteiger partial charge in [-0.2, -0.15) is 4.98 Å². The third kappa shape index (κ3) is 4.90. The molecule has 10 heteroatoms. The Morgan fingerprint density at radius 2 is 2.08 bits per heavy atom. The molecule has 3 aliphatic rings. The van der Waals surface area contributed by atoms with E-state index in [4.69, 9.17) is 16.3 Å². The van der Waals surface area contributed by atoms with Gasteiger partial charge in [0.05, 0.1) is 18.7 Å². The number of carboxylic acid groups (broad SMARTS) is 1. The maximum Gasteiger partial charge on any atom is 0.309 e. The molecule has 0 saturated heterocycles. The smallest absolute Gasteiger partial charge is 0.309 e. The monoisotopic (exact) mass is 525 g/mol. The van der Waals surface area contributed by atoms with Crippen LogP contribution in [0, 0.1) is 17.8 Å². The van der Waals surface area contributed by atoms with Crippen LogP contribution in [0.4, 0.5) is 23.1 Å². The first-order valence-corrected chi connectivity index (χ1v) is 13.0. The summed E-state index contributed by atoms with van der Waals surface area (Å²) in [5.74, 6) is -0.422. The summed E-state index contributed by atoms with van der Waals surface area (Å²) in [5.41, 5.74) is 2.52. The van der Waals surface area contributed by atoms with Crippen molar-refractivity contribution in [1.82, 2.24) is 9.97 Å². The molecule has 196 valence electrons. The highest BCUT2D eigenvalue weighted by Crippen LogP contribution is 2.45. The number of halogens is 1. The van der Waals surface area contributed by atoms with Crippen molar-refractivity contribution >= 4 is 46.6 Å². The number of carboxylic acids is 1. The van der Waals surface area contributed by atoms with Gasteiger partial charge in [-0.05, 0) is 47.8 Å². The van der Waals surface area contributed by atoms with Gasteiger partial charge in [-0.3, -0.25) is 9.59 Å². The van der Waals surface area contributed by atoms with Gasteiger partial charge < -0.3 is 25.4 Å². The Morgan fingerprint density at radius 3 is 2.84 bits per heavy atom. The molecule has 37 heavy (non-hydrogen) atoms. The van der Waals surface area contributed by atoms with Crippen molar-refractivity contribution in [1.29, 1.82) is 0 Å². The standard InChI is InChI=1S/C27H32ClN5O4/c1-27(2)9-8-21(34)33(10-11-37-3)20-13-17(6-7-18(20)27)30-26-29-14-19(28)24(32-26)31-23-16-5-4-15(12-16)22(23)25(35)36/h4-7,13-16,22-23H,8-12H2,1-3H3,(H,35,36)(H2,29,30,31,32)/t15-,16+,22+,23-/m1/s1. The average molecular weight is 526 g/mol. The third-order valence-electron chi connectivity index (χ3n) is 7.85. The number of carbonyl (C=O) groups is 2. The molecule has 1 fully saturated rings. The number of aromatic nitrogens is 2. The number of amides is 1. The van der Waals surface area contributed by atoms with Gasteiger partial charge in [-0.15, -0.1) is 0 Å². The molecule has 1 aromatic carbocycles. The molecule has 0 radical (unpaired) electrons. The summed E-state index contributed by atoms with van der Waals surface area (Å²) in [6.45, 7) is 5.22. The average Bonchev–Trinajstić information content (AvgIpc) is 3.45. The Kier molecular flexibility index (Phi) is 6.85. The second-order valence-electron chi connectivity index (χ2n) is 10.7. The molecule has 2 heterocycles. The van der Waals surface area contributed by atoms with Crippen molar-refractivity contribution in [3.05, 3.63) is 47.1 Å². The van der Waals surface area contributed by atoms with E-state index in [0.29, 0.717) is 36.4 Å². The van der Waals surface area contributed by atoms with Gasteiger partial charge in [-0.25, -0.2) is 4.98 Å². The molecule has 4 atom stereocenters. The third-order valence-corrected chi connectivity index (χ3v) is 8.13. The number of hydrogen-bond acceptors (Lipinski definition) is 7. The van der Waals surface area contributed by atoms with E-state index in [0.717, 1.165) is 29.8 Å². The highest BCUT2D eigenvalue weighted by Gasteiger charge is 2.48. The highest BCUT2D eigenvalue weighted by atomic mass is 35.5. The largest absolute Gasteiger partial charge is 0.481 e. The number of fused-ring (bicyclic) bond motifs is 3. The van der Waals surface area contributed by atoms with Crippen molar-refractivity contribution in [2.75, 3.05) is 35.8 Å². The van der Waals surface area contributed by atoms with E-state index in [1.807, 2.05) is 24.3 Å². The van der Waals surface area contributed by atoms with E-state index >= 15 is 0 Å². The van der Waals surface area contributed by atoms with Crippen LogP contribution in [0.3, 0.4) is 0 Å². The van der Waals surface area contributed by atoms with Crippen LogP contribution in [0.1, 0.15) is 38.7 Å². The molecular formula is C27H32ClN5O4. The van der Waals surface area contributed by atoms with Crippen LogP contribution < -0.4 is 15.5 Å². The van der Waals surface area contributed by atoms with Crippen molar-refractivity contribution < 1.29 is 19.4 Å². The zero-order chi connectivity index (χ0) is 26.3. The Hall–Kier alpha value is -3.17. The van der Waals surface area contributed by atoms with E-state index < -0.39 is 11.9 Å². The number of aliphatic carboxylic acids is 1. The van der Waals surface area contributed by atoms with E-state index in [9.17, 15) is 14.7 Å². The fourth-order valence-corrected chi connectivity index (χ4v) is 5.97. The Morgan fingerprint density at radius 1 is 1.30 bits per heavy atom. The Labute approximate surface area is 221 Å². The summed E-state index contributed by atoms with van der Waals surface area (Å²) in [4.78, 5) is 35.6. The van der Waals surface area contributed by atoms with E-state index in [-0.39, 0.29) is 29.2 Å². The summed E-state index contributed by atoms with van der Waals surface area (Å²) in [5, 5.41) is 16.6. The lowest BCUT2D eigenvalue weighted by atomic mass is 9.80. The highest BCUT2D eigenvalue weighted by molar-refractivity contribution is 6.32. The minimum Gasteiger partial charge on any atom is -0.481 e. The fraction of sp³-hybridized carbons (Fsp3) is 0.481. The van der Waals surface area contributed by atoms with Crippen LogP contribution in [0.25, 0.3) is 0 Å². The van der Waals surface area contributed by atoms with Gasteiger partial charge in [0.25, 0.3) is 0 Å². The number of allylic oxidation sites excluding steroid dienone is 1. The molecule has 3 N–H and O–H groups in total. The lowest BCUT2D eigenvalue weighted by Crippen LogP contribution is -2.38. The number of nitrogens with zero attached hydrogens (tertiary/aromatic N) is 3. The second kappa shape index (κ2) is 9.95. The molecule has 1 saturated carbocycles. The van der Waals surface area contributed by atoms with Gasteiger partial charge in [-0.1, -0.05) is 43.7 Å². The van der Waals surface area contributed by atoms with Crippen LogP contribution in [0.15, 0.2) is 36.5 Å². The summed E-state index contributed by atoms with van der Waals surface area (Å²) in [7, 11) is 1.63. The van der Waals surface area contributed by atoms with Crippen molar-refractivity contribution in [3.63, 3.8) is 0 Å². The molecule has 1 aromatic heterocycles. The van der Waals surface area contributed by atoms with Gasteiger partial charge >= 0.3 is 5.97 Å². The minimum atomic E-state index is -0.821. The maximum absolute atomic E-state index is 13.0. The van der Waals surface area contributed by atoms with Crippen LogP contribution >= 0.6 is 11.6 Å².